The Bertz CT molecular complexity index is 324. The van der Waals surface area contributed by atoms with E-state index in [-0.39, 0.29) is 0 Å². The van der Waals surface area contributed by atoms with E-state index < -0.39 is 5.97 Å². The smallest absolute Gasteiger partial charge is 0.352 e. The Morgan fingerprint density at radius 2 is 2.00 bits per heavy atom. The number of carboxylic acid groups (broad SMARTS) is 1. The predicted octanol–water partition coefficient (Wildman–Crippen LogP) is 2.76. The van der Waals surface area contributed by atoms with E-state index in [1.807, 2.05) is 6.07 Å². The highest BCUT2D eigenvalue weighted by molar-refractivity contribution is 5.85. The second kappa shape index (κ2) is 3.86. The Balaban J connectivity index is 2.11. The molecule has 1 aromatic rings. The van der Waals surface area contributed by atoms with E-state index in [2.05, 4.69) is 4.98 Å². The minimum Gasteiger partial charge on any atom is -0.477 e. The van der Waals surface area contributed by atoms with Gasteiger partial charge in [-0.2, -0.15) is 0 Å². The van der Waals surface area contributed by atoms with Crippen molar-refractivity contribution in [2.24, 2.45) is 0 Å². The van der Waals surface area contributed by atoms with Crippen LogP contribution in [-0.2, 0) is 0 Å². The Morgan fingerprint density at radius 1 is 1.29 bits per heavy atom. The lowest BCUT2D eigenvalue weighted by Gasteiger charge is -2.20. The summed E-state index contributed by atoms with van der Waals surface area (Å²) in [5, 5.41) is 8.77. The fourth-order valence-corrected chi connectivity index (χ4v) is 2.19. The van der Waals surface area contributed by atoms with Crippen LogP contribution in [0.15, 0.2) is 12.1 Å². The van der Waals surface area contributed by atoms with Crippen LogP contribution in [-0.4, -0.2) is 16.1 Å². The highest BCUT2D eigenvalue weighted by atomic mass is 16.4. The number of nitrogens with one attached hydrogen (secondary N) is 1. The molecule has 2 N–H and O–H groups in total. The second-order valence-corrected chi connectivity index (χ2v) is 3.97. The summed E-state index contributed by atoms with van der Waals surface area (Å²) in [5.41, 5.74) is 1.41. The standard InChI is InChI=1S/C11H15NO2/c13-11(14)10-7-6-9(12-10)8-4-2-1-3-5-8/h6-8,12H,1-5H2,(H,13,14). The van der Waals surface area contributed by atoms with E-state index in [9.17, 15) is 4.79 Å². The number of hydrogen-bond acceptors (Lipinski definition) is 1. The molecule has 1 aliphatic rings. The topological polar surface area (TPSA) is 53.1 Å². The van der Waals surface area contributed by atoms with Crippen LogP contribution in [0, 0.1) is 0 Å². The van der Waals surface area contributed by atoms with Gasteiger partial charge in [0.1, 0.15) is 5.69 Å². The van der Waals surface area contributed by atoms with Crippen molar-refractivity contribution >= 4 is 5.97 Å². The maximum atomic E-state index is 10.7. The van der Waals surface area contributed by atoms with Gasteiger partial charge in [0.2, 0.25) is 0 Å². The molecule has 1 saturated carbocycles. The van der Waals surface area contributed by atoms with Gasteiger partial charge in [0.05, 0.1) is 0 Å². The monoisotopic (exact) mass is 193 g/mol. The molecular weight excluding hydrogens is 178 g/mol. The summed E-state index contributed by atoms with van der Waals surface area (Å²) in [4.78, 5) is 13.6. The van der Waals surface area contributed by atoms with Crippen molar-refractivity contribution < 1.29 is 9.90 Å². The lowest BCUT2D eigenvalue weighted by molar-refractivity contribution is 0.0691. The van der Waals surface area contributed by atoms with E-state index in [1.165, 1.54) is 32.1 Å². The molecule has 0 unspecified atom stereocenters. The molecule has 0 spiro atoms. The van der Waals surface area contributed by atoms with Crippen molar-refractivity contribution in [3.8, 4) is 0 Å². The first-order valence-corrected chi connectivity index (χ1v) is 5.19. The highest BCUT2D eigenvalue weighted by Gasteiger charge is 2.17. The largest absolute Gasteiger partial charge is 0.477 e. The van der Waals surface area contributed by atoms with Crippen LogP contribution in [0.5, 0.6) is 0 Å². The molecule has 0 atom stereocenters. The van der Waals surface area contributed by atoms with Gasteiger partial charge in [-0.05, 0) is 30.9 Å². The van der Waals surface area contributed by atoms with Crippen molar-refractivity contribution in [2.75, 3.05) is 0 Å². The Labute approximate surface area is 83.1 Å². The van der Waals surface area contributed by atoms with Crippen LogP contribution < -0.4 is 0 Å². The van der Waals surface area contributed by atoms with E-state index in [0.717, 1.165) is 5.69 Å². The van der Waals surface area contributed by atoms with Gasteiger partial charge in [0.25, 0.3) is 0 Å². The van der Waals surface area contributed by atoms with Crippen LogP contribution in [0.1, 0.15) is 54.2 Å². The number of aromatic amines is 1. The van der Waals surface area contributed by atoms with E-state index in [4.69, 9.17) is 5.11 Å². The fourth-order valence-electron chi connectivity index (χ4n) is 2.19. The number of H-pyrrole nitrogens is 1. The molecule has 1 aliphatic carbocycles. The molecule has 1 heterocycles. The first-order chi connectivity index (χ1) is 6.77. The Kier molecular flexibility index (Phi) is 2.57. The molecule has 0 bridgehead atoms. The molecule has 0 aliphatic heterocycles. The van der Waals surface area contributed by atoms with Crippen LogP contribution in [0.25, 0.3) is 0 Å². The zero-order valence-corrected chi connectivity index (χ0v) is 8.12. The quantitative estimate of drug-likeness (QED) is 0.758. The minimum absolute atomic E-state index is 0.311. The summed E-state index contributed by atoms with van der Waals surface area (Å²) >= 11 is 0. The predicted molar refractivity (Wildman–Crippen MR) is 53.6 cm³/mol. The zero-order chi connectivity index (χ0) is 9.97. The number of carboxylic acids is 1. The highest BCUT2D eigenvalue weighted by Crippen LogP contribution is 2.31. The molecule has 1 aromatic heterocycles. The molecule has 2 rings (SSSR count). The van der Waals surface area contributed by atoms with Crippen molar-refractivity contribution in [2.45, 2.75) is 38.0 Å². The van der Waals surface area contributed by atoms with E-state index in [0.29, 0.717) is 11.6 Å². The van der Waals surface area contributed by atoms with Gasteiger partial charge in [-0.1, -0.05) is 19.3 Å². The van der Waals surface area contributed by atoms with Gasteiger partial charge in [0, 0.05) is 5.69 Å². The summed E-state index contributed by atoms with van der Waals surface area (Å²) in [6.45, 7) is 0. The molecule has 1 fully saturated rings. The van der Waals surface area contributed by atoms with Crippen LogP contribution in [0.2, 0.25) is 0 Å². The molecule has 0 saturated heterocycles. The van der Waals surface area contributed by atoms with E-state index >= 15 is 0 Å². The molecule has 3 nitrogen and oxygen atoms in total. The lowest BCUT2D eigenvalue weighted by atomic mass is 9.87. The summed E-state index contributed by atoms with van der Waals surface area (Å²) < 4.78 is 0. The lowest BCUT2D eigenvalue weighted by Crippen LogP contribution is -2.05. The van der Waals surface area contributed by atoms with Crippen LogP contribution in [0.4, 0.5) is 0 Å². The Hall–Kier alpha value is -1.25. The summed E-state index contributed by atoms with van der Waals surface area (Å²) in [5.74, 6) is -0.316. The van der Waals surface area contributed by atoms with Gasteiger partial charge in [-0.15, -0.1) is 0 Å². The molecular formula is C11H15NO2. The summed E-state index contributed by atoms with van der Waals surface area (Å²) in [6, 6.07) is 3.58. The SMILES string of the molecule is O=C(O)c1ccc(C2CCCCC2)[nH]1. The molecule has 14 heavy (non-hydrogen) atoms. The maximum Gasteiger partial charge on any atom is 0.352 e. The summed E-state index contributed by atoms with van der Waals surface area (Å²) in [7, 11) is 0. The van der Waals surface area contributed by atoms with Crippen LogP contribution in [0.3, 0.4) is 0 Å². The number of carbonyl (C=O) groups is 1. The zero-order valence-electron chi connectivity index (χ0n) is 8.12. The van der Waals surface area contributed by atoms with Gasteiger partial charge in [-0.25, -0.2) is 4.79 Å². The van der Waals surface area contributed by atoms with Gasteiger partial charge in [-0.3, -0.25) is 0 Å². The average Bonchev–Trinajstić information content (AvgIpc) is 2.68. The van der Waals surface area contributed by atoms with Crippen molar-refractivity contribution in [1.82, 2.24) is 4.98 Å². The number of aromatic nitrogens is 1. The molecule has 0 amide bonds. The molecule has 0 aromatic carbocycles. The molecule has 3 heteroatoms. The average molecular weight is 193 g/mol. The fraction of sp³-hybridized carbons (Fsp3) is 0.545. The number of hydrogen-bond donors (Lipinski definition) is 2. The number of rotatable bonds is 2. The van der Waals surface area contributed by atoms with E-state index in [1.54, 1.807) is 6.07 Å². The van der Waals surface area contributed by atoms with Gasteiger partial charge >= 0.3 is 5.97 Å². The molecule has 76 valence electrons. The van der Waals surface area contributed by atoms with Gasteiger partial charge < -0.3 is 10.1 Å². The third kappa shape index (κ3) is 1.81. The second-order valence-electron chi connectivity index (χ2n) is 3.97. The molecule has 0 radical (unpaired) electrons. The normalized spacial score (nSPS) is 18.3. The Morgan fingerprint density at radius 3 is 2.57 bits per heavy atom. The van der Waals surface area contributed by atoms with Gasteiger partial charge in [0.15, 0.2) is 0 Å². The van der Waals surface area contributed by atoms with Crippen molar-refractivity contribution in [3.05, 3.63) is 23.5 Å². The third-order valence-corrected chi connectivity index (χ3v) is 2.98. The summed E-state index contributed by atoms with van der Waals surface area (Å²) in [6.07, 6.45) is 6.25. The number of aromatic carboxylic acids is 1. The van der Waals surface area contributed by atoms with Crippen LogP contribution >= 0.6 is 0 Å². The van der Waals surface area contributed by atoms with Crippen molar-refractivity contribution in [3.63, 3.8) is 0 Å². The first kappa shape index (κ1) is 9.31. The first-order valence-electron chi connectivity index (χ1n) is 5.19. The minimum atomic E-state index is -0.868. The third-order valence-electron chi connectivity index (χ3n) is 2.98. The van der Waals surface area contributed by atoms with Crippen molar-refractivity contribution in [1.29, 1.82) is 0 Å². The maximum absolute atomic E-state index is 10.7.